The van der Waals surface area contributed by atoms with Crippen LogP contribution in [-0.4, -0.2) is 14.5 Å². The second-order valence-electron chi connectivity index (χ2n) is 2.51. The number of hydrogen-bond acceptors (Lipinski definition) is 2. The molecule has 2 rings (SSSR count). The first-order valence-corrected chi connectivity index (χ1v) is 4.18. The molecule has 0 aliphatic heterocycles. The lowest BCUT2D eigenvalue weighted by Crippen LogP contribution is -2.11. The number of halogens is 1. The molecule has 62 valence electrons. The van der Waals surface area contributed by atoms with E-state index in [0.29, 0.717) is 0 Å². The predicted octanol–water partition coefficient (Wildman–Crippen LogP) is 1.02. The Labute approximate surface area is 76.4 Å². The monoisotopic (exact) mass is 227 g/mol. The molecule has 0 radical (unpaired) electrons. The molecule has 2 heterocycles. The van der Waals surface area contributed by atoms with Crippen molar-refractivity contribution in [3.63, 3.8) is 0 Å². The van der Waals surface area contributed by atoms with Gasteiger partial charge >= 0.3 is 5.69 Å². The molecular weight excluding hydrogens is 222 g/mol. The Morgan fingerprint density at radius 3 is 3.17 bits per heavy atom. The number of H-pyrrole nitrogens is 1. The smallest absolute Gasteiger partial charge is 0.304 e. The van der Waals surface area contributed by atoms with Crippen LogP contribution in [0.2, 0.25) is 0 Å². The molecule has 5 heteroatoms. The van der Waals surface area contributed by atoms with Gasteiger partial charge in [0, 0.05) is 7.05 Å². The summed E-state index contributed by atoms with van der Waals surface area (Å²) in [7, 11) is 1.72. The minimum atomic E-state index is -0.120. The topological polar surface area (TPSA) is 50.7 Å². The van der Waals surface area contributed by atoms with Crippen LogP contribution in [0.4, 0.5) is 0 Å². The van der Waals surface area contributed by atoms with E-state index in [4.69, 9.17) is 0 Å². The highest BCUT2D eigenvalue weighted by molar-refractivity contribution is 9.10. The molecule has 0 aromatic carbocycles. The van der Waals surface area contributed by atoms with Gasteiger partial charge in [0.25, 0.3) is 0 Å². The number of aromatic amines is 1. The number of hydrogen-bond donors (Lipinski definition) is 1. The molecule has 1 N–H and O–H groups in total. The van der Waals surface area contributed by atoms with Crippen molar-refractivity contribution in [2.24, 2.45) is 7.05 Å². The van der Waals surface area contributed by atoms with Gasteiger partial charge in [0.2, 0.25) is 0 Å². The summed E-state index contributed by atoms with van der Waals surface area (Å²) >= 11 is 3.24. The number of rotatable bonds is 0. The summed E-state index contributed by atoms with van der Waals surface area (Å²) in [4.78, 5) is 17.8. The number of nitrogens with zero attached hydrogens (tertiary/aromatic N) is 2. The number of aryl methyl sites for hydroxylation is 1. The van der Waals surface area contributed by atoms with Crippen LogP contribution >= 0.6 is 15.9 Å². The van der Waals surface area contributed by atoms with Gasteiger partial charge in [0.15, 0.2) is 0 Å². The summed E-state index contributed by atoms with van der Waals surface area (Å²) in [6, 6.07) is 1.80. The molecule has 0 aliphatic rings. The number of aromatic nitrogens is 3. The second-order valence-corrected chi connectivity index (χ2v) is 3.33. The van der Waals surface area contributed by atoms with Gasteiger partial charge in [0.1, 0.15) is 4.60 Å². The Morgan fingerprint density at radius 2 is 2.42 bits per heavy atom. The van der Waals surface area contributed by atoms with Gasteiger partial charge in [-0.25, -0.2) is 9.78 Å². The molecule has 0 unspecified atom stereocenters. The Bertz CT molecular complexity index is 485. The highest BCUT2D eigenvalue weighted by Crippen LogP contribution is 2.12. The Hall–Kier alpha value is -1.10. The van der Waals surface area contributed by atoms with E-state index in [-0.39, 0.29) is 5.69 Å². The van der Waals surface area contributed by atoms with Crippen molar-refractivity contribution < 1.29 is 0 Å². The maximum absolute atomic E-state index is 11.1. The maximum atomic E-state index is 11.1. The Morgan fingerprint density at radius 1 is 1.67 bits per heavy atom. The Kier molecular flexibility index (Phi) is 1.54. The first-order valence-electron chi connectivity index (χ1n) is 3.39. The van der Waals surface area contributed by atoms with Gasteiger partial charge < -0.3 is 4.98 Å². The lowest BCUT2D eigenvalue weighted by Gasteiger charge is -1.92. The number of imidazole rings is 1. The van der Waals surface area contributed by atoms with E-state index in [0.717, 1.165) is 15.6 Å². The molecule has 0 aliphatic carbocycles. The summed E-state index contributed by atoms with van der Waals surface area (Å²) in [6.07, 6.45) is 1.63. The largest absolute Gasteiger partial charge is 0.326 e. The Balaban J connectivity index is 2.98. The molecule has 12 heavy (non-hydrogen) atoms. The van der Waals surface area contributed by atoms with E-state index in [1.807, 2.05) is 0 Å². The number of nitrogens with one attached hydrogen (secondary N) is 1. The molecule has 0 atom stereocenters. The molecule has 0 amide bonds. The van der Waals surface area contributed by atoms with E-state index < -0.39 is 0 Å². The van der Waals surface area contributed by atoms with Crippen molar-refractivity contribution in [1.82, 2.24) is 14.5 Å². The highest BCUT2D eigenvalue weighted by Gasteiger charge is 2.02. The minimum absolute atomic E-state index is 0.120. The molecule has 0 saturated heterocycles. The summed E-state index contributed by atoms with van der Waals surface area (Å²) in [5, 5.41) is 0. The van der Waals surface area contributed by atoms with Gasteiger partial charge in [-0.15, -0.1) is 0 Å². The highest BCUT2D eigenvalue weighted by atomic mass is 79.9. The molecule has 4 nitrogen and oxygen atoms in total. The third kappa shape index (κ3) is 0.972. The van der Waals surface area contributed by atoms with Gasteiger partial charge in [-0.1, -0.05) is 0 Å². The van der Waals surface area contributed by atoms with Crippen LogP contribution in [0.25, 0.3) is 11.0 Å². The van der Waals surface area contributed by atoms with Gasteiger partial charge in [-0.05, 0) is 22.0 Å². The maximum Gasteiger partial charge on any atom is 0.326 e. The summed E-state index contributed by atoms with van der Waals surface area (Å²) in [5.74, 6) is 0. The zero-order valence-corrected chi connectivity index (χ0v) is 7.92. The van der Waals surface area contributed by atoms with Crippen LogP contribution in [-0.2, 0) is 7.05 Å². The van der Waals surface area contributed by atoms with E-state index in [9.17, 15) is 4.79 Å². The molecular formula is C7H6BrN3O. The van der Waals surface area contributed by atoms with Crippen molar-refractivity contribution >= 4 is 27.0 Å². The van der Waals surface area contributed by atoms with E-state index in [2.05, 4.69) is 25.9 Å². The van der Waals surface area contributed by atoms with E-state index >= 15 is 0 Å². The van der Waals surface area contributed by atoms with Crippen molar-refractivity contribution in [3.8, 4) is 0 Å². The fourth-order valence-electron chi connectivity index (χ4n) is 1.10. The van der Waals surface area contributed by atoms with Crippen molar-refractivity contribution in [2.75, 3.05) is 0 Å². The van der Waals surface area contributed by atoms with Crippen molar-refractivity contribution in [2.45, 2.75) is 0 Å². The van der Waals surface area contributed by atoms with Crippen LogP contribution in [0.1, 0.15) is 0 Å². The zero-order valence-electron chi connectivity index (χ0n) is 6.34. The second kappa shape index (κ2) is 2.45. The lowest BCUT2D eigenvalue weighted by atomic mass is 10.4. The molecule has 0 spiro atoms. The van der Waals surface area contributed by atoms with Crippen molar-refractivity contribution in [1.29, 1.82) is 0 Å². The average Bonchev–Trinajstić information content (AvgIpc) is 2.31. The molecule has 0 saturated carbocycles. The molecule has 2 aromatic rings. The fraction of sp³-hybridized carbons (Fsp3) is 0.143. The van der Waals surface area contributed by atoms with Gasteiger partial charge in [0.05, 0.1) is 17.2 Å². The molecule has 0 bridgehead atoms. The predicted molar refractivity (Wildman–Crippen MR) is 49.0 cm³/mol. The summed E-state index contributed by atoms with van der Waals surface area (Å²) < 4.78 is 2.27. The van der Waals surface area contributed by atoms with Crippen LogP contribution in [0.15, 0.2) is 21.7 Å². The van der Waals surface area contributed by atoms with Crippen LogP contribution in [0.3, 0.4) is 0 Å². The minimum Gasteiger partial charge on any atom is -0.304 e. The lowest BCUT2D eigenvalue weighted by molar-refractivity contribution is 0.891. The zero-order chi connectivity index (χ0) is 8.72. The number of pyridine rings is 1. The van der Waals surface area contributed by atoms with Crippen LogP contribution in [0, 0.1) is 0 Å². The number of fused-ring (bicyclic) bond motifs is 1. The summed E-state index contributed by atoms with van der Waals surface area (Å²) in [5.41, 5.74) is 1.48. The third-order valence-electron chi connectivity index (χ3n) is 1.76. The fourth-order valence-corrected chi connectivity index (χ4v) is 1.42. The van der Waals surface area contributed by atoms with Crippen LogP contribution in [0.5, 0.6) is 0 Å². The van der Waals surface area contributed by atoms with Crippen molar-refractivity contribution in [3.05, 3.63) is 27.4 Å². The van der Waals surface area contributed by atoms with Gasteiger partial charge in [-0.3, -0.25) is 4.57 Å². The first-order chi connectivity index (χ1) is 5.68. The quantitative estimate of drug-likeness (QED) is 0.684. The molecule has 0 fully saturated rings. The van der Waals surface area contributed by atoms with Crippen LogP contribution < -0.4 is 5.69 Å². The van der Waals surface area contributed by atoms with Gasteiger partial charge in [-0.2, -0.15) is 0 Å². The molecule has 2 aromatic heterocycles. The normalized spacial score (nSPS) is 10.8. The van der Waals surface area contributed by atoms with E-state index in [1.165, 1.54) is 0 Å². The summed E-state index contributed by atoms with van der Waals surface area (Å²) in [6.45, 7) is 0. The third-order valence-corrected chi connectivity index (χ3v) is 2.19. The van der Waals surface area contributed by atoms with E-state index in [1.54, 1.807) is 23.9 Å². The SMILES string of the molecule is Cn1c(=O)[nH]c2cnc(Br)cc21. The standard InChI is InChI=1S/C7H6BrN3O/c1-11-5-2-6(8)9-3-4(5)10-7(11)12/h2-3H,1H3,(H,10,12). The average molecular weight is 228 g/mol. The first kappa shape index (κ1) is 7.54.